The van der Waals surface area contributed by atoms with Gasteiger partial charge in [0.25, 0.3) is 0 Å². The first kappa shape index (κ1) is 14.7. The van der Waals surface area contributed by atoms with Crippen molar-refractivity contribution in [3.63, 3.8) is 0 Å². The van der Waals surface area contributed by atoms with Crippen molar-refractivity contribution in [2.75, 3.05) is 31.1 Å². The molecule has 0 saturated carbocycles. The highest BCUT2D eigenvalue weighted by Gasteiger charge is 2.34. The molecule has 0 aliphatic carbocycles. The molecule has 5 heteroatoms. The van der Waals surface area contributed by atoms with E-state index < -0.39 is 0 Å². The lowest BCUT2D eigenvalue weighted by molar-refractivity contribution is 0.108. The van der Waals surface area contributed by atoms with Gasteiger partial charge in [-0.25, -0.2) is 4.79 Å². The van der Waals surface area contributed by atoms with Crippen molar-refractivity contribution in [2.45, 2.75) is 30.5 Å². The van der Waals surface area contributed by atoms with Gasteiger partial charge in [0.05, 0.1) is 6.54 Å². The van der Waals surface area contributed by atoms with E-state index in [1.165, 1.54) is 0 Å². The number of anilines is 1. The van der Waals surface area contributed by atoms with Gasteiger partial charge in [0.1, 0.15) is 6.10 Å². The fourth-order valence-corrected chi connectivity index (χ4v) is 4.54. The average molecular weight is 306 g/mol. The van der Waals surface area contributed by atoms with E-state index >= 15 is 0 Å². The number of para-hydroxylation sites is 1. The van der Waals surface area contributed by atoms with Crippen molar-refractivity contribution < 1.29 is 9.53 Å². The molecule has 1 aromatic carbocycles. The van der Waals surface area contributed by atoms with Crippen LogP contribution in [0.25, 0.3) is 0 Å². The second-order valence-corrected chi connectivity index (χ2v) is 7.81. The highest BCUT2D eigenvalue weighted by atomic mass is 32.2. The summed E-state index contributed by atoms with van der Waals surface area (Å²) in [6.45, 7) is 8.18. The molecular weight excluding hydrogens is 284 g/mol. The van der Waals surface area contributed by atoms with Gasteiger partial charge in [-0.15, -0.1) is 0 Å². The Bertz CT molecular complexity index is 486. The monoisotopic (exact) mass is 306 g/mol. The molecule has 0 unspecified atom stereocenters. The fraction of sp³-hybridized carbons (Fsp3) is 0.562. The molecule has 3 atom stereocenters. The first-order valence-corrected chi connectivity index (χ1v) is 8.47. The van der Waals surface area contributed by atoms with Crippen LogP contribution in [0.1, 0.15) is 13.8 Å². The fourth-order valence-electron chi connectivity index (χ4n) is 3.16. The van der Waals surface area contributed by atoms with Gasteiger partial charge in [-0.1, -0.05) is 32.0 Å². The normalized spacial score (nSPS) is 30.5. The Hall–Kier alpha value is -1.20. The van der Waals surface area contributed by atoms with Crippen molar-refractivity contribution in [1.29, 1.82) is 0 Å². The Labute approximate surface area is 130 Å². The summed E-state index contributed by atoms with van der Waals surface area (Å²) in [7, 11) is 0. The minimum absolute atomic E-state index is 0.0276. The number of cyclic esters (lactones) is 1. The molecule has 21 heavy (non-hydrogen) atoms. The van der Waals surface area contributed by atoms with Gasteiger partial charge in [-0.05, 0) is 12.1 Å². The van der Waals surface area contributed by atoms with E-state index in [2.05, 4.69) is 18.7 Å². The van der Waals surface area contributed by atoms with Crippen molar-refractivity contribution >= 4 is 23.5 Å². The largest absolute Gasteiger partial charge is 0.443 e. The minimum atomic E-state index is -0.223. The maximum atomic E-state index is 12.0. The van der Waals surface area contributed by atoms with E-state index in [9.17, 15) is 4.79 Å². The summed E-state index contributed by atoms with van der Waals surface area (Å²) in [5.41, 5.74) is 0.918. The van der Waals surface area contributed by atoms with Gasteiger partial charge in [0.2, 0.25) is 0 Å². The number of carbonyl (C=O) groups is 1. The van der Waals surface area contributed by atoms with E-state index in [1.54, 1.807) is 4.90 Å². The third kappa shape index (κ3) is 3.52. The van der Waals surface area contributed by atoms with Gasteiger partial charge < -0.3 is 4.74 Å². The second-order valence-electron chi connectivity index (χ2n) is 5.93. The standard InChI is InChI=1S/C16H22N2O2S/c1-12-8-17(9-13(2)21-12)10-15-11-18(16(19)20-15)14-6-4-3-5-7-14/h3-7,12-13,15H,8-11H2,1-2H3/t12-,13-,15+/m1/s1. The zero-order valence-corrected chi connectivity index (χ0v) is 13.4. The highest BCUT2D eigenvalue weighted by molar-refractivity contribution is 8.00. The third-order valence-corrected chi connectivity index (χ3v) is 5.13. The molecule has 0 radical (unpaired) electrons. The zero-order valence-electron chi connectivity index (χ0n) is 12.6. The quantitative estimate of drug-likeness (QED) is 0.860. The Morgan fingerprint density at radius 1 is 1.14 bits per heavy atom. The lowest BCUT2D eigenvalue weighted by Crippen LogP contribution is -2.44. The van der Waals surface area contributed by atoms with Crippen LogP contribution in [-0.2, 0) is 4.74 Å². The molecular formula is C16H22N2O2S. The second kappa shape index (κ2) is 6.28. The zero-order chi connectivity index (χ0) is 14.8. The van der Waals surface area contributed by atoms with Crippen molar-refractivity contribution in [3.8, 4) is 0 Å². The smallest absolute Gasteiger partial charge is 0.414 e. The van der Waals surface area contributed by atoms with Crippen molar-refractivity contribution in [1.82, 2.24) is 4.90 Å². The lowest BCUT2D eigenvalue weighted by atomic mass is 10.2. The Morgan fingerprint density at radius 2 is 1.81 bits per heavy atom. The maximum Gasteiger partial charge on any atom is 0.414 e. The topological polar surface area (TPSA) is 32.8 Å². The highest BCUT2D eigenvalue weighted by Crippen LogP contribution is 2.26. The van der Waals surface area contributed by atoms with Crippen LogP contribution in [0.3, 0.4) is 0 Å². The van der Waals surface area contributed by atoms with E-state index in [1.807, 2.05) is 42.1 Å². The average Bonchev–Trinajstić information content (AvgIpc) is 2.79. The number of amides is 1. The third-order valence-electron chi connectivity index (χ3n) is 3.90. The summed E-state index contributed by atoms with van der Waals surface area (Å²) >= 11 is 2.04. The summed E-state index contributed by atoms with van der Waals surface area (Å²) in [5, 5.41) is 1.30. The molecule has 0 aromatic heterocycles. The molecule has 2 aliphatic rings. The molecule has 3 rings (SSSR count). The molecule has 4 nitrogen and oxygen atoms in total. The number of rotatable bonds is 3. The Balaban J connectivity index is 1.60. The van der Waals surface area contributed by atoms with Crippen LogP contribution in [0.5, 0.6) is 0 Å². The SMILES string of the molecule is C[C@@H]1CN(C[C@H]2CN(c3ccccc3)C(=O)O2)C[C@@H](C)S1. The summed E-state index contributed by atoms with van der Waals surface area (Å²) in [6.07, 6.45) is -0.251. The number of hydrogen-bond acceptors (Lipinski definition) is 4. The molecule has 1 amide bonds. The van der Waals surface area contributed by atoms with Gasteiger partial charge in [-0.3, -0.25) is 9.80 Å². The van der Waals surface area contributed by atoms with Gasteiger partial charge in [0, 0.05) is 35.8 Å². The Morgan fingerprint density at radius 3 is 2.48 bits per heavy atom. The number of thioether (sulfide) groups is 1. The summed E-state index contributed by atoms with van der Waals surface area (Å²) in [4.78, 5) is 16.2. The van der Waals surface area contributed by atoms with E-state index in [0.717, 1.165) is 25.3 Å². The van der Waals surface area contributed by atoms with Crippen LogP contribution in [0, 0.1) is 0 Å². The van der Waals surface area contributed by atoms with Crippen LogP contribution >= 0.6 is 11.8 Å². The first-order chi connectivity index (χ1) is 10.1. The van der Waals surface area contributed by atoms with Crippen molar-refractivity contribution in [2.24, 2.45) is 0 Å². The number of benzene rings is 1. The molecule has 2 fully saturated rings. The lowest BCUT2D eigenvalue weighted by Gasteiger charge is -2.35. The number of hydrogen-bond donors (Lipinski definition) is 0. The van der Waals surface area contributed by atoms with Crippen molar-refractivity contribution in [3.05, 3.63) is 30.3 Å². The van der Waals surface area contributed by atoms with Gasteiger partial charge in [-0.2, -0.15) is 11.8 Å². The minimum Gasteiger partial charge on any atom is -0.443 e. The number of ether oxygens (including phenoxy) is 1. The molecule has 2 heterocycles. The first-order valence-electron chi connectivity index (χ1n) is 7.53. The predicted molar refractivity (Wildman–Crippen MR) is 87.0 cm³/mol. The van der Waals surface area contributed by atoms with Crippen LogP contribution < -0.4 is 4.90 Å². The molecule has 1 aromatic rings. The summed E-state index contributed by atoms with van der Waals surface area (Å²) in [6, 6.07) is 9.75. The van der Waals surface area contributed by atoms with Crippen LogP contribution in [-0.4, -0.2) is 53.8 Å². The van der Waals surface area contributed by atoms with E-state index in [-0.39, 0.29) is 12.2 Å². The number of nitrogens with zero attached hydrogens (tertiary/aromatic N) is 2. The van der Waals surface area contributed by atoms with Gasteiger partial charge in [0.15, 0.2) is 0 Å². The maximum absolute atomic E-state index is 12.0. The molecule has 114 valence electrons. The molecule has 0 bridgehead atoms. The van der Waals surface area contributed by atoms with Gasteiger partial charge >= 0.3 is 6.09 Å². The predicted octanol–water partition coefficient (Wildman–Crippen LogP) is 2.84. The van der Waals surface area contributed by atoms with E-state index in [4.69, 9.17) is 4.74 Å². The molecule has 2 saturated heterocycles. The van der Waals surface area contributed by atoms with E-state index in [0.29, 0.717) is 17.0 Å². The molecule has 0 spiro atoms. The molecule has 0 N–H and O–H groups in total. The van der Waals surface area contributed by atoms with Crippen LogP contribution in [0.4, 0.5) is 10.5 Å². The number of carbonyl (C=O) groups excluding carboxylic acids is 1. The summed E-state index contributed by atoms with van der Waals surface area (Å²) < 4.78 is 5.54. The van der Waals surface area contributed by atoms with Crippen LogP contribution in [0.2, 0.25) is 0 Å². The summed E-state index contributed by atoms with van der Waals surface area (Å²) in [5.74, 6) is 0. The van der Waals surface area contributed by atoms with Crippen LogP contribution in [0.15, 0.2) is 30.3 Å². The molecule has 2 aliphatic heterocycles. The Kier molecular flexibility index (Phi) is 4.40.